The second-order valence-corrected chi connectivity index (χ2v) is 4.41. The number of nitrogens with one attached hydrogen (secondary N) is 1. The number of carboxylic acid groups (broad SMARTS) is 1. The van der Waals surface area contributed by atoms with Crippen LogP contribution in [0.1, 0.15) is 26.3 Å². The Morgan fingerprint density at radius 3 is 2.29 bits per heavy atom. The summed E-state index contributed by atoms with van der Waals surface area (Å²) in [5.41, 5.74) is 0.325. The zero-order chi connectivity index (χ0) is 15.6. The summed E-state index contributed by atoms with van der Waals surface area (Å²) >= 11 is 0. The molecule has 0 spiro atoms. The number of carbonyl (C=O) groups excluding carboxylic acids is 1. The molecule has 2 rings (SSSR count). The van der Waals surface area contributed by atoms with Crippen LogP contribution in [-0.2, 0) is 0 Å². The van der Waals surface area contributed by atoms with Crippen molar-refractivity contribution in [3.63, 3.8) is 0 Å². The first-order chi connectivity index (χ1) is 9.88. The molecule has 108 valence electrons. The van der Waals surface area contributed by atoms with Gasteiger partial charge in [-0.1, -0.05) is 0 Å². The third-order valence-electron chi connectivity index (χ3n) is 2.89. The molecule has 21 heavy (non-hydrogen) atoms. The van der Waals surface area contributed by atoms with Crippen LogP contribution in [0.25, 0.3) is 0 Å². The maximum absolute atomic E-state index is 13.5. The maximum Gasteiger partial charge on any atom is 0.338 e. The fraction of sp³-hybridized carbons (Fsp3) is 0.0667. The van der Waals surface area contributed by atoms with Crippen molar-refractivity contribution in [2.75, 3.05) is 5.32 Å². The van der Waals surface area contributed by atoms with E-state index in [-0.39, 0.29) is 11.3 Å². The van der Waals surface area contributed by atoms with E-state index in [2.05, 4.69) is 5.32 Å². The minimum atomic E-state index is -1.39. The first-order valence-electron chi connectivity index (χ1n) is 5.99. The SMILES string of the molecule is Cc1cc(F)ccc1C(=O)Nc1ccc(C(=O)O)c(F)c1. The molecule has 0 unspecified atom stereocenters. The molecule has 0 bridgehead atoms. The first kappa shape index (κ1) is 14.6. The number of hydrogen-bond donors (Lipinski definition) is 2. The molecule has 0 aromatic heterocycles. The quantitative estimate of drug-likeness (QED) is 0.912. The molecule has 2 N–H and O–H groups in total. The van der Waals surface area contributed by atoms with E-state index < -0.39 is 29.1 Å². The van der Waals surface area contributed by atoms with Gasteiger partial charge in [-0.05, 0) is 48.9 Å². The summed E-state index contributed by atoms with van der Waals surface area (Å²) in [7, 11) is 0. The second kappa shape index (κ2) is 5.70. The summed E-state index contributed by atoms with van der Waals surface area (Å²) in [6.45, 7) is 1.58. The average molecular weight is 291 g/mol. The topological polar surface area (TPSA) is 66.4 Å². The lowest BCUT2D eigenvalue weighted by atomic mass is 10.1. The van der Waals surface area contributed by atoms with Gasteiger partial charge in [0.05, 0.1) is 5.56 Å². The lowest BCUT2D eigenvalue weighted by molar-refractivity contribution is 0.0692. The molecule has 4 nitrogen and oxygen atoms in total. The molecule has 0 radical (unpaired) electrons. The van der Waals surface area contributed by atoms with Gasteiger partial charge in [0, 0.05) is 11.3 Å². The van der Waals surface area contributed by atoms with Gasteiger partial charge in [0.2, 0.25) is 0 Å². The molecular formula is C15H11F2NO3. The number of carbonyl (C=O) groups is 2. The van der Waals surface area contributed by atoms with Crippen molar-refractivity contribution >= 4 is 17.6 Å². The monoisotopic (exact) mass is 291 g/mol. The van der Waals surface area contributed by atoms with Crippen molar-refractivity contribution in [1.29, 1.82) is 0 Å². The Labute approximate surface area is 119 Å². The first-order valence-corrected chi connectivity index (χ1v) is 5.99. The van der Waals surface area contributed by atoms with Gasteiger partial charge < -0.3 is 10.4 Å². The Bertz CT molecular complexity index is 729. The molecule has 1 amide bonds. The van der Waals surface area contributed by atoms with Gasteiger partial charge in [-0.15, -0.1) is 0 Å². The highest BCUT2D eigenvalue weighted by molar-refractivity contribution is 6.05. The predicted octanol–water partition coefficient (Wildman–Crippen LogP) is 3.22. The average Bonchev–Trinajstić information content (AvgIpc) is 2.37. The third kappa shape index (κ3) is 3.22. The van der Waals surface area contributed by atoms with E-state index in [1.54, 1.807) is 6.92 Å². The van der Waals surface area contributed by atoms with Gasteiger partial charge in [0.25, 0.3) is 5.91 Å². The molecule has 0 aliphatic rings. The standard InChI is InChI=1S/C15H11F2NO3/c1-8-6-9(16)2-4-11(8)14(19)18-10-3-5-12(15(20)21)13(17)7-10/h2-7H,1H3,(H,18,19)(H,20,21). The number of carboxylic acids is 1. The molecule has 2 aromatic rings. The van der Waals surface area contributed by atoms with E-state index in [9.17, 15) is 18.4 Å². The van der Waals surface area contributed by atoms with Gasteiger partial charge in [-0.25, -0.2) is 13.6 Å². The zero-order valence-electron chi connectivity index (χ0n) is 11.0. The van der Waals surface area contributed by atoms with E-state index in [1.165, 1.54) is 18.2 Å². The van der Waals surface area contributed by atoms with Crippen molar-refractivity contribution < 1.29 is 23.5 Å². The number of anilines is 1. The highest BCUT2D eigenvalue weighted by Gasteiger charge is 2.13. The fourth-order valence-electron chi connectivity index (χ4n) is 1.85. The number of aryl methyl sites for hydroxylation is 1. The highest BCUT2D eigenvalue weighted by Crippen LogP contribution is 2.17. The van der Waals surface area contributed by atoms with Crippen LogP contribution in [0.15, 0.2) is 36.4 Å². The van der Waals surface area contributed by atoms with Gasteiger partial charge >= 0.3 is 5.97 Å². The number of rotatable bonds is 3. The molecule has 0 saturated carbocycles. The molecule has 0 aliphatic carbocycles. The van der Waals surface area contributed by atoms with Crippen LogP contribution in [0.2, 0.25) is 0 Å². The van der Waals surface area contributed by atoms with E-state index in [4.69, 9.17) is 5.11 Å². The van der Waals surface area contributed by atoms with Gasteiger partial charge in [0.1, 0.15) is 11.6 Å². The van der Waals surface area contributed by atoms with Crippen molar-refractivity contribution in [1.82, 2.24) is 0 Å². The van der Waals surface area contributed by atoms with Crippen LogP contribution in [0.3, 0.4) is 0 Å². The van der Waals surface area contributed by atoms with Crippen LogP contribution in [0, 0.1) is 18.6 Å². The minimum Gasteiger partial charge on any atom is -0.478 e. The Morgan fingerprint density at radius 2 is 1.71 bits per heavy atom. The Kier molecular flexibility index (Phi) is 3.98. The fourth-order valence-corrected chi connectivity index (χ4v) is 1.85. The van der Waals surface area contributed by atoms with Gasteiger partial charge in [-0.3, -0.25) is 4.79 Å². The number of aromatic carboxylic acids is 1. The van der Waals surface area contributed by atoms with E-state index >= 15 is 0 Å². The number of halogens is 2. The second-order valence-electron chi connectivity index (χ2n) is 4.41. The Balaban J connectivity index is 2.23. The molecule has 2 aromatic carbocycles. The largest absolute Gasteiger partial charge is 0.478 e. The van der Waals surface area contributed by atoms with E-state index in [1.807, 2.05) is 0 Å². The zero-order valence-corrected chi connectivity index (χ0v) is 11.0. The van der Waals surface area contributed by atoms with Crippen molar-refractivity contribution in [2.24, 2.45) is 0 Å². The lowest BCUT2D eigenvalue weighted by Gasteiger charge is -2.08. The lowest BCUT2D eigenvalue weighted by Crippen LogP contribution is -2.14. The van der Waals surface area contributed by atoms with E-state index in [0.717, 1.165) is 18.2 Å². The van der Waals surface area contributed by atoms with Crippen LogP contribution in [-0.4, -0.2) is 17.0 Å². The summed E-state index contributed by atoms with van der Waals surface area (Å²) in [6.07, 6.45) is 0. The molecule has 0 heterocycles. The summed E-state index contributed by atoms with van der Waals surface area (Å²) in [5, 5.41) is 11.1. The van der Waals surface area contributed by atoms with Crippen LogP contribution >= 0.6 is 0 Å². The van der Waals surface area contributed by atoms with Crippen molar-refractivity contribution in [3.8, 4) is 0 Å². The van der Waals surface area contributed by atoms with Crippen LogP contribution in [0.5, 0.6) is 0 Å². The third-order valence-corrected chi connectivity index (χ3v) is 2.89. The van der Waals surface area contributed by atoms with Crippen molar-refractivity contribution in [2.45, 2.75) is 6.92 Å². The summed E-state index contributed by atoms with van der Waals surface area (Å²) in [6, 6.07) is 6.94. The van der Waals surface area contributed by atoms with Crippen molar-refractivity contribution in [3.05, 3.63) is 64.7 Å². The molecule has 6 heteroatoms. The number of hydrogen-bond acceptors (Lipinski definition) is 2. The van der Waals surface area contributed by atoms with E-state index in [0.29, 0.717) is 5.56 Å². The predicted molar refractivity (Wildman–Crippen MR) is 72.4 cm³/mol. The number of benzene rings is 2. The molecule has 0 atom stereocenters. The smallest absolute Gasteiger partial charge is 0.338 e. The normalized spacial score (nSPS) is 10.2. The Morgan fingerprint density at radius 1 is 1.05 bits per heavy atom. The molecule has 0 aliphatic heterocycles. The van der Waals surface area contributed by atoms with Gasteiger partial charge in [-0.2, -0.15) is 0 Å². The minimum absolute atomic E-state index is 0.117. The molecule has 0 fully saturated rings. The Hall–Kier alpha value is -2.76. The summed E-state index contributed by atoms with van der Waals surface area (Å²) < 4.78 is 26.5. The number of amides is 1. The molecular weight excluding hydrogens is 280 g/mol. The maximum atomic E-state index is 13.5. The van der Waals surface area contributed by atoms with Gasteiger partial charge in [0.15, 0.2) is 0 Å². The molecule has 0 saturated heterocycles. The highest BCUT2D eigenvalue weighted by atomic mass is 19.1. The van der Waals surface area contributed by atoms with Crippen LogP contribution < -0.4 is 5.32 Å². The van der Waals surface area contributed by atoms with Crippen LogP contribution in [0.4, 0.5) is 14.5 Å². The summed E-state index contributed by atoms with van der Waals surface area (Å²) in [5.74, 6) is -3.33. The summed E-state index contributed by atoms with van der Waals surface area (Å²) in [4.78, 5) is 22.7.